The number of aromatic nitrogens is 3. The molecule has 0 aliphatic rings. The van der Waals surface area contributed by atoms with Crippen molar-refractivity contribution in [2.45, 2.75) is 24.7 Å². The first kappa shape index (κ1) is 19.3. The van der Waals surface area contributed by atoms with E-state index in [1.807, 2.05) is 0 Å². The molecule has 0 fully saturated rings. The lowest BCUT2D eigenvalue weighted by Gasteiger charge is -2.21. The number of benzene rings is 1. The lowest BCUT2D eigenvalue weighted by atomic mass is 10.1. The molecule has 0 bridgehead atoms. The Labute approximate surface area is 144 Å². The van der Waals surface area contributed by atoms with E-state index in [9.17, 15) is 27.2 Å². The van der Waals surface area contributed by atoms with Gasteiger partial charge >= 0.3 is 23.8 Å². The summed E-state index contributed by atoms with van der Waals surface area (Å²) in [5, 5.41) is 13.8. The van der Waals surface area contributed by atoms with Crippen LogP contribution in [0.4, 0.5) is 17.6 Å². The summed E-state index contributed by atoms with van der Waals surface area (Å²) in [6.07, 6.45) is 0.178. The van der Waals surface area contributed by atoms with Crippen LogP contribution < -0.4 is 0 Å². The number of carbonyl (C=O) groups excluding carboxylic acids is 1. The molecule has 0 atom stereocenters. The maximum atomic E-state index is 13.9. The maximum Gasteiger partial charge on any atom is 0.412 e. The second kappa shape index (κ2) is 7.10. The van der Waals surface area contributed by atoms with Gasteiger partial charge in [-0.25, -0.2) is 9.78 Å². The van der Waals surface area contributed by atoms with Gasteiger partial charge in [-0.15, -0.1) is 0 Å². The molecule has 2 rings (SSSR count). The van der Waals surface area contributed by atoms with Gasteiger partial charge in [-0.2, -0.15) is 22.7 Å². The number of aliphatic carboxylic acids is 1. The molecule has 140 valence electrons. The predicted octanol–water partition coefficient (Wildman–Crippen LogP) is 2.39. The molecule has 2 aromatic rings. The van der Waals surface area contributed by atoms with Crippen LogP contribution in [0.1, 0.15) is 17.8 Å². The van der Waals surface area contributed by atoms with Gasteiger partial charge in [0.25, 0.3) is 0 Å². The molecule has 1 aromatic carbocycles. The summed E-state index contributed by atoms with van der Waals surface area (Å²) in [7, 11) is 0.560. The number of nitrogens with one attached hydrogen (secondary N) is 1. The van der Waals surface area contributed by atoms with Gasteiger partial charge in [0.05, 0.1) is 7.11 Å². The summed E-state index contributed by atoms with van der Waals surface area (Å²) in [6, 6.07) is 5.94. The zero-order chi connectivity index (χ0) is 19.5. The van der Waals surface area contributed by atoms with E-state index in [4.69, 9.17) is 5.11 Å². The van der Waals surface area contributed by atoms with E-state index in [2.05, 4.69) is 14.8 Å². The van der Waals surface area contributed by atoms with Crippen molar-refractivity contribution in [3.63, 3.8) is 0 Å². The van der Waals surface area contributed by atoms with Crippen LogP contribution in [-0.2, 0) is 26.7 Å². The van der Waals surface area contributed by atoms with E-state index in [0.717, 1.165) is 0 Å². The van der Waals surface area contributed by atoms with Crippen molar-refractivity contribution >= 4 is 11.9 Å². The second-order valence-corrected chi connectivity index (χ2v) is 5.24. The average Bonchev–Trinajstić information content (AvgIpc) is 3.10. The molecule has 2 N–H and O–H groups in total. The molecule has 1 aromatic heterocycles. The number of hydrogen-bond donors (Lipinski definition) is 2. The highest BCUT2D eigenvalue weighted by molar-refractivity contribution is 5.79. The number of esters is 1. The quantitative estimate of drug-likeness (QED) is 0.569. The number of methoxy groups -OCH3 is 1. The Morgan fingerprint density at radius 2 is 1.81 bits per heavy atom. The number of nitrogens with zero attached hydrogens (tertiary/aromatic N) is 2. The van der Waals surface area contributed by atoms with Crippen LogP contribution in [0.25, 0.3) is 11.4 Å². The summed E-state index contributed by atoms with van der Waals surface area (Å²) in [5.41, 5.74) is 0.915. The highest BCUT2D eigenvalue weighted by atomic mass is 19.3. The van der Waals surface area contributed by atoms with Gasteiger partial charge < -0.3 is 9.84 Å². The van der Waals surface area contributed by atoms with Crippen molar-refractivity contribution in [2.24, 2.45) is 0 Å². The van der Waals surface area contributed by atoms with Crippen LogP contribution >= 0.6 is 0 Å². The molecule has 11 heteroatoms. The van der Waals surface area contributed by atoms with Crippen molar-refractivity contribution in [3.05, 3.63) is 35.7 Å². The Bertz CT molecular complexity index is 805. The number of aromatic amines is 1. The molecule has 0 amide bonds. The van der Waals surface area contributed by atoms with Crippen molar-refractivity contribution in [2.75, 3.05) is 7.11 Å². The highest BCUT2D eigenvalue weighted by Crippen LogP contribution is 2.42. The first-order valence-electron chi connectivity index (χ1n) is 7.17. The second-order valence-electron chi connectivity index (χ2n) is 5.24. The fraction of sp³-hybridized carbons (Fsp3) is 0.333. The molecular weight excluding hydrogens is 362 g/mol. The van der Waals surface area contributed by atoms with Crippen LogP contribution in [0.2, 0.25) is 0 Å². The molecule has 0 radical (unpaired) electrons. The third-order valence-electron chi connectivity index (χ3n) is 3.46. The van der Waals surface area contributed by atoms with Gasteiger partial charge in [-0.1, -0.05) is 24.3 Å². The number of halogens is 4. The van der Waals surface area contributed by atoms with Crippen molar-refractivity contribution in [3.8, 4) is 11.4 Å². The Hall–Kier alpha value is -2.98. The number of carboxylic acids is 1. The highest BCUT2D eigenvalue weighted by Gasteiger charge is 2.66. The molecule has 0 spiro atoms. The fourth-order valence-corrected chi connectivity index (χ4v) is 2.01. The van der Waals surface area contributed by atoms with E-state index in [-0.39, 0.29) is 24.2 Å². The van der Waals surface area contributed by atoms with Gasteiger partial charge in [-0.3, -0.25) is 9.89 Å². The third-order valence-corrected chi connectivity index (χ3v) is 3.46. The van der Waals surface area contributed by atoms with Crippen LogP contribution in [0.15, 0.2) is 24.3 Å². The molecular formula is C15H13F4N3O4. The van der Waals surface area contributed by atoms with Gasteiger partial charge in [-0.05, 0) is 12.0 Å². The summed E-state index contributed by atoms with van der Waals surface area (Å²) in [6.45, 7) is 0. The largest absolute Gasteiger partial charge is 0.481 e. The smallest absolute Gasteiger partial charge is 0.412 e. The SMILES string of the molecule is COC(=O)C(F)(F)C(F)(F)c1nc(-c2ccc(CCC(=O)O)cc2)n[nH]1. The van der Waals surface area contributed by atoms with E-state index in [0.29, 0.717) is 12.7 Å². The summed E-state index contributed by atoms with van der Waals surface area (Å²) in [5.74, 6) is -15.2. The topological polar surface area (TPSA) is 105 Å². The first-order valence-corrected chi connectivity index (χ1v) is 7.17. The van der Waals surface area contributed by atoms with Crippen molar-refractivity contribution in [1.29, 1.82) is 0 Å². The number of ether oxygens (including phenoxy) is 1. The molecule has 1 heterocycles. The number of hydrogen-bond acceptors (Lipinski definition) is 5. The number of alkyl halides is 4. The number of carboxylic acid groups (broad SMARTS) is 1. The van der Waals surface area contributed by atoms with Crippen molar-refractivity contribution in [1.82, 2.24) is 15.2 Å². The Morgan fingerprint density at radius 3 is 2.35 bits per heavy atom. The fourth-order valence-electron chi connectivity index (χ4n) is 2.01. The molecule has 0 saturated carbocycles. The number of aryl methyl sites for hydroxylation is 1. The van der Waals surface area contributed by atoms with Gasteiger partial charge in [0, 0.05) is 12.0 Å². The summed E-state index contributed by atoms with van der Waals surface area (Å²) < 4.78 is 58.6. The van der Waals surface area contributed by atoms with E-state index < -0.39 is 29.6 Å². The number of rotatable bonds is 7. The maximum absolute atomic E-state index is 13.9. The zero-order valence-corrected chi connectivity index (χ0v) is 13.3. The monoisotopic (exact) mass is 375 g/mol. The molecule has 0 aliphatic heterocycles. The summed E-state index contributed by atoms with van der Waals surface area (Å²) in [4.78, 5) is 24.8. The minimum Gasteiger partial charge on any atom is -0.481 e. The Morgan fingerprint density at radius 1 is 1.19 bits per heavy atom. The minimum atomic E-state index is -5.13. The minimum absolute atomic E-state index is 0.0843. The lowest BCUT2D eigenvalue weighted by Crippen LogP contribution is -2.46. The standard InChI is InChI=1S/C15H13F4N3O4/c1-26-13(25)15(18,19)14(16,17)12-20-11(21-22-12)9-5-2-8(3-6-9)4-7-10(23)24/h2-3,5-6H,4,7H2,1H3,(H,23,24)(H,20,21,22). The Kier molecular flexibility index (Phi) is 5.28. The molecule has 0 aliphatic carbocycles. The van der Waals surface area contributed by atoms with E-state index >= 15 is 0 Å². The average molecular weight is 375 g/mol. The van der Waals surface area contributed by atoms with Gasteiger partial charge in [0.15, 0.2) is 5.82 Å². The first-order chi connectivity index (χ1) is 12.1. The number of H-pyrrole nitrogens is 1. The van der Waals surface area contributed by atoms with Crippen LogP contribution in [0, 0.1) is 0 Å². The number of carbonyl (C=O) groups is 2. The molecule has 0 unspecified atom stereocenters. The Balaban J connectivity index is 2.24. The third kappa shape index (κ3) is 3.65. The molecule has 0 saturated heterocycles. The van der Waals surface area contributed by atoms with E-state index in [1.54, 1.807) is 5.10 Å². The normalized spacial score (nSPS) is 12.0. The van der Waals surface area contributed by atoms with Gasteiger partial charge in [0.2, 0.25) is 5.82 Å². The van der Waals surface area contributed by atoms with Crippen LogP contribution in [-0.4, -0.2) is 45.3 Å². The lowest BCUT2D eigenvalue weighted by molar-refractivity contribution is -0.233. The van der Waals surface area contributed by atoms with Crippen LogP contribution in [0.3, 0.4) is 0 Å². The summed E-state index contributed by atoms with van der Waals surface area (Å²) >= 11 is 0. The van der Waals surface area contributed by atoms with Gasteiger partial charge in [0.1, 0.15) is 0 Å². The van der Waals surface area contributed by atoms with Crippen molar-refractivity contribution < 1.29 is 37.0 Å². The molecule has 7 nitrogen and oxygen atoms in total. The zero-order valence-electron chi connectivity index (χ0n) is 13.3. The van der Waals surface area contributed by atoms with E-state index in [1.165, 1.54) is 24.3 Å². The predicted molar refractivity (Wildman–Crippen MR) is 78.6 cm³/mol. The van der Waals surface area contributed by atoms with Crippen LogP contribution in [0.5, 0.6) is 0 Å². The molecule has 26 heavy (non-hydrogen) atoms.